The second-order valence-electron chi connectivity index (χ2n) is 11.0. The summed E-state index contributed by atoms with van der Waals surface area (Å²) in [4.78, 5) is 29.2. The minimum atomic E-state index is -3.92. The summed E-state index contributed by atoms with van der Waals surface area (Å²) in [6.07, 6.45) is 2.88. The zero-order chi connectivity index (χ0) is 32.9. The minimum absolute atomic E-state index is 0.0261. The maximum Gasteiger partial charge on any atom is 0.244 e. The van der Waals surface area contributed by atoms with Gasteiger partial charge in [0.25, 0.3) is 0 Å². The number of sulfonamides is 1. The number of unbranched alkanes of at least 4 members (excludes halogenated alkanes) is 1. The van der Waals surface area contributed by atoms with E-state index < -0.39 is 34.3 Å². The van der Waals surface area contributed by atoms with Crippen molar-refractivity contribution in [1.82, 2.24) is 10.2 Å². The number of ether oxygens (including phenoxy) is 1. The first-order chi connectivity index (χ1) is 22.1. The molecule has 8 nitrogen and oxygen atoms in total. The fourth-order valence-corrected chi connectivity index (χ4v) is 5.76. The van der Waals surface area contributed by atoms with Crippen LogP contribution in [0.1, 0.15) is 36.5 Å². The Morgan fingerprint density at radius 2 is 1.43 bits per heavy atom. The molecule has 0 aromatic heterocycles. The molecule has 0 fully saturated rings. The van der Waals surface area contributed by atoms with Crippen molar-refractivity contribution in [3.8, 4) is 5.75 Å². The first kappa shape index (κ1) is 34.2. The number of amides is 2. The number of halogens is 1. The summed E-state index contributed by atoms with van der Waals surface area (Å²) in [6.45, 7) is 2.22. The Hall–Kier alpha value is -4.70. The number of carbonyl (C=O) groups is 2. The van der Waals surface area contributed by atoms with Crippen molar-refractivity contribution < 1.29 is 27.1 Å². The molecule has 0 saturated heterocycles. The lowest BCUT2D eigenvalue weighted by atomic mass is 10.0. The average molecular weight is 646 g/mol. The molecule has 2 amide bonds. The molecule has 0 aliphatic carbocycles. The SMILES string of the molecule is CCCCNC(=O)[C@H](Cc1ccccc1)N(Cc1ccc(F)cc1)C(=O)CN(c1ccc(OCc2ccccc2)cc1)S(C)(=O)=O. The summed E-state index contributed by atoms with van der Waals surface area (Å²) in [5, 5.41) is 2.94. The van der Waals surface area contributed by atoms with Gasteiger partial charge in [0.05, 0.1) is 11.9 Å². The largest absolute Gasteiger partial charge is 0.489 e. The van der Waals surface area contributed by atoms with Crippen LogP contribution in [0, 0.1) is 5.82 Å². The predicted octanol–water partition coefficient (Wildman–Crippen LogP) is 5.73. The topological polar surface area (TPSA) is 96.0 Å². The van der Waals surface area contributed by atoms with E-state index in [0.29, 0.717) is 24.5 Å². The Labute approximate surface area is 270 Å². The molecule has 0 radical (unpaired) electrons. The van der Waals surface area contributed by atoms with Gasteiger partial charge in [-0.3, -0.25) is 13.9 Å². The molecular formula is C36H40FN3O5S. The molecule has 10 heteroatoms. The van der Waals surface area contributed by atoms with Crippen molar-refractivity contribution in [3.05, 3.63) is 132 Å². The minimum Gasteiger partial charge on any atom is -0.489 e. The third kappa shape index (κ3) is 10.2. The molecule has 242 valence electrons. The Bertz CT molecular complexity index is 1650. The summed E-state index contributed by atoms with van der Waals surface area (Å²) in [6, 6.07) is 30.1. The molecule has 4 rings (SSSR count). The van der Waals surface area contributed by atoms with Crippen LogP contribution in [0.2, 0.25) is 0 Å². The van der Waals surface area contributed by atoms with Gasteiger partial charge in [0, 0.05) is 19.5 Å². The highest BCUT2D eigenvalue weighted by Crippen LogP contribution is 2.24. The number of hydrogen-bond acceptors (Lipinski definition) is 5. The van der Waals surface area contributed by atoms with Gasteiger partial charge in [-0.2, -0.15) is 0 Å². The van der Waals surface area contributed by atoms with Crippen molar-refractivity contribution in [2.45, 2.75) is 45.4 Å². The molecule has 0 heterocycles. The van der Waals surface area contributed by atoms with E-state index in [1.807, 2.05) is 67.6 Å². The van der Waals surface area contributed by atoms with Crippen LogP contribution in [-0.2, 0) is 39.2 Å². The number of nitrogens with zero attached hydrogens (tertiary/aromatic N) is 2. The van der Waals surface area contributed by atoms with E-state index in [9.17, 15) is 22.4 Å². The Kier molecular flexibility index (Phi) is 12.3. The highest BCUT2D eigenvalue weighted by atomic mass is 32.2. The standard InChI is InChI=1S/C36H40FN3O5S/c1-3-4-23-38-36(42)34(24-28-11-7-5-8-12-28)39(25-29-15-17-31(37)18-16-29)35(41)26-40(46(2,43)44)32-19-21-33(22-20-32)45-27-30-13-9-6-10-14-30/h5-22,34H,3-4,23-27H2,1-2H3,(H,38,42)/t34-/m0/s1. The van der Waals surface area contributed by atoms with E-state index in [2.05, 4.69) is 5.32 Å². The third-order valence-electron chi connectivity index (χ3n) is 7.42. The average Bonchev–Trinajstić information content (AvgIpc) is 3.06. The highest BCUT2D eigenvalue weighted by molar-refractivity contribution is 7.92. The Morgan fingerprint density at radius 3 is 2.02 bits per heavy atom. The fraction of sp³-hybridized carbons (Fsp3) is 0.278. The fourth-order valence-electron chi connectivity index (χ4n) is 4.91. The summed E-state index contributed by atoms with van der Waals surface area (Å²) < 4.78 is 46.7. The van der Waals surface area contributed by atoms with Crippen molar-refractivity contribution >= 4 is 27.5 Å². The highest BCUT2D eigenvalue weighted by Gasteiger charge is 2.33. The van der Waals surface area contributed by atoms with Crippen molar-refractivity contribution in [1.29, 1.82) is 0 Å². The van der Waals surface area contributed by atoms with E-state index in [1.165, 1.54) is 17.0 Å². The van der Waals surface area contributed by atoms with E-state index in [1.54, 1.807) is 36.4 Å². The summed E-state index contributed by atoms with van der Waals surface area (Å²) >= 11 is 0. The Morgan fingerprint density at radius 1 is 0.826 bits per heavy atom. The maximum atomic E-state index is 14.2. The number of nitrogens with one attached hydrogen (secondary N) is 1. The van der Waals surface area contributed by atoms with Gasteiger partial charge in [-0.25, -0.2) is 12.8 Å². The lowest BCUT2D eigenvalue weighted by molar-refractivity contribution is -0.140. The van der Waals surface area contributed by atoms with Gasteiger partial charge in [-0.1, -0.05) is 86.1 Å². The van der Waals surface area contributed by atoms with Crippen LogP contribution in [0.4, 0.5) is 10.1 Å². The number of carbonyl (C=O) groups excluding carboxylic acids is 2. The molecule has 1 N–H and O–H groups in total. The van der Waals surface area contributed by atoms with E-state index in [-0.39, 0.29) is 24.6 Å². The number of hydrogen-bond donors (Lipinski definition) is 1. The van der Waals surface area contributed by atoms with E-state index in [4.69, 9.17) is 4.74 Å². The van der Waals surface area contributed by atoms with Crippen LogP contribution in [0.15, 0.2) is 109 Å². The van der Waals surface area contributed by atoms with Crippen molar-refractivity contribution in [2.75, 3.05) is 23.7 Å². The number of rotatable bonds is 16. The van der Waals surface area contributed by atoms with Gasteiger partial charge < -0.3 is 15.0 Å². The van der Waals surface area contributed by atoms with Gasteiger partial charge in [-0.15, -0.1) is 0 Å². The predicted molar refractivity (Wildman–Crippen MR) is 178 cm³/mol. The number of benzene rings is 4. The molecule has 4 aromatic carbocycles. The van der Waals surface area contributed by atoms with Crippen LogP contribution in [-0.4, -0.2) is 50.5 Å². The van der Waals surface area contributed by atoms with Gasteiger partial charge in [0.2, 0.25) is 21.8 Å². The number of anilines is 1. The zero-order valence-electron chi connectivity index (χ0n) is 26.1. The van der Waals surface area contributed by atoms with Gasteiger partial charge in [0.15, 0.2) is 0 Å². The molecule has 0 saturated carbocycles. The van der Waals surface area contributed by atoms with Gasteiger partial charge in [0.1, 0.15) is 30.8 Å². The molecule has 0 aliphatic rings. The molecule has 0 bridgehead atoms. The lowest BCUT2D eigenvalue weighted by Gasteiger charge is -2.33. The first-order valence-corrected chi connectivity index (χ1v) is 17.1. The summed E-state index contributed by atoms with van der Waals surface area (Å²) in [5.74, 6) is -0.819. The van der Waals surface area contributed by atoms with Crippen LogP contribution in [0.25, 0.3) is 0 Å². The Balaban J connectivity index is 1.63. The molecule has 0 spiro atoms. The second-order valence-corrected chi connectivity index (χ2v) is 12.9. The van der Waals surface area contributed by atoms with Crippen LogP contribution in [0.5, 0.6) is 5.75 Å². The third-order valence-corrected chi connectivity index (χ3v) is 8.56. The van der Waals surface area contributed by atoms with E-state index >= 15 is 0 Å². The van der Waals surface area contributed by atoms with Crippen LogP contribution < -0.4 is 14.4 Å². The van der Waals surface area contributed by atoms with E-state index in [0.717, 1.165) is 34.5 Å². The second kappa shape index (κ2) is 16.6. The molecular weight excluding hydrogens is 605 g/mol. The normalized spacial score (nSPS) is 11.8. The summed E-state index contributed by atoms with van der Waals surface area (Å²) in [7, 11) is -3.92. The summed E-state index contributed by atoms with van der Waals surface area (Å²) in [5.41, 5.74) is 2.69. The van der Waals surface area contributed by atoms with Gasteiger partial charge >= 0.3 is 0 Å². The van der Waals surface area contributed by atoms with Crippen LogP contribution >= 0.6 is 0 Å². The van der Waals surface area contributed by atoms with Crippen molar-refractivity contribution in [3.63, 3.8) is 0 Å². The van der Waals surface area contributed by atoms with Crippen LogP contribution in [0.3, 0.4) is 0 Å². The quantitative estimate of drug-likeness (QED) is 0.157. The first-order valence-electron chi connectivity index (χ1n) is 15.2. The zero-order valence-corrected chi connectivity index (χ0v) is 27.0. The van der Waals surface area contributed by atoms with Crippen molar-refractivity contribution in [2.24, 2.45) is 0 Å². The lowest BCUT2D eigenvalue weighted by Crippen LogP contribution is -2.53. The molecule has 1 atom stereocenters. The van der Waals surface area contributed by atoms with Gasteiger partial charge in [-0.05, 0) is 59.5 Å². The molecule has 0 aliphatic heterocycles. The molecule has 0 unspecified atom stereocenters. The molecule has 46 heavy (non-hydrogen) atoms. The smallest absolute Gasteiger partial charge is 0.244 e. The maximum absolute atomic E-state index is 14.2. The monoisotopic (exact) mass is 645 g/mol. The molecule has 4 aromatic rings.